The summed E-state index contributed by atoms with van der Waals surface area (Å²) in [5.41, 5.74) is 0. The van der Waals surface area contributed by atoms with Crippen LogP contribution in [0.2, 0.25) is 0 Å². The lowest BCUT2D eigenvalue weighted by Crippen LogP contribution is -2.43. The fourth-order valence-electron chi connectivity index (χ4n) is 3.10. The van der Waals surface area contributed by atoms with Crippen LogP contribution in [-0.2, 0) is 4.79 Å². The summed E-state index contributed by atoms with van der Waals surface area (Å²) in [5.74, 6) is 2.15. The molecule has 4 heteroatoms. The van der Waals surface area contributed by atoms with Crippen LogP contribution in [0.15, 0.2) is 0 Å². The van der Waals surface area contributed by atoms with Gasteiger partial charge in [-0.1, -0.05) is 12.8 Å². The molecule has 2 rings (SSSR count). The second-order valence-corrected chi connectivity index (χ2v) is 6.24. The zero-order valence-corrected chi connectivity index (χ0v) is 11.8. The second-order valence-electron chi connectivity index (χ2n) is 5.26. The van der Waals surface area contributed by atoms with Gasteiger partial charge in [-0.2, -0.15) is 11.8 Å². The van der Waals surface area contributed by atoms with Gasteiger partial charge in [0, 0.05) is 6.54 Å². The van der Waals surface area contributed by atoms with E-state index >= 15 is 0 Å². The number of carbonyl (C=O) groups is 1. The average Bonchev–Trinajstić information content (AvgIpc) is 2.92. The first-order valence-corrected chi connectivity index (χ1v) is 8.19. The standard InChI is InChI=1S/C13H24N2OS/c1-10-13(16)15(8-5-9-17-2)12(14-10)11-6-3-4-7-11/h10-12,14H,3-9H2,1-2H3. The van der Waals surface area contributed by atoms with Crippen LogP contribution in [0.5, 0.6) is 0 Å². The lowest BCUT2D eigenvalue weighted by Gasteiger charge is -2.29. The Morgan fingerprint density at radius 2 is 2.12 bits per heavy atom. The van der Waals surface area contributed by atoms with Gasteiger partial charge in [0.1, 0.15) is 0 Å². The molecule has 1 aliphatic carbocycles. The number of amides is 1. The topological polar surface area (TPSA) is 32.3 Å². The molecule has 3 nitrogen and oxygen atoms in total. The molecule has 1 aliphatic heterocycles. The van der Waals surface area contributed by atoms with E-state index in [1.807, 2.05) is 18.7 Å². The molecule has 0 aromatic rings. The van der Waals surface area contributed by atoms with Crippen molar-refractivity contribution in [2.75, 3.05) is 18.6 Å². The van der Waals surface area contributed by atoms with Crippen LogP contribution in [0.25, 0.3) is 0 Å². The third-order valence-corrected chi connectivity index (χ3v) is 4.70. The van der Waals surface area contributed by atoms with Crippen LogP contribution in [0.3, 0.4) is 0 Å². The minimum atomic E-state index is 0.0230. The normalized spacial score (nSPS) is 30.5. The highest BCUT2D eigenvalue weighted by atomic mass is 32.2. The third kappa shape index (κ3) is 2.97. The number of carbonyl (C=O) groups excluding carboxylic acids is 1. The van der Waals surface area contributed by atoms with Crippen molar-refractivity contribution in [3.63, 3.8) is 0 Å². The van der Waals surface area contributed by atoms with Crippen LogP contribution < -0.4 is 5.32 Å². The summed E-state index contributed by atoms with van der Waals surface area (Å²) >= 11 is 1.86. The predicted molar refractivity (Wildman–Crippen MR) is 73.1 cm³/mol. The van der Waals surface area contributed by atoms with Crippen molar-refractivity contribution in [2.45, 2.75) is 51.2 Å². The van der Waals surface area contributed by atoms with Crippen LogP contribution in [-0.4, -0.2) is 41.6 Å². The molecule has 0 radical (unpaired) electrons. The van der Waals surface area contributed by atoms with E-state index in [-0.39, 0.29) is 6.04 Å². The largest absolute Gasteiger partial charge is 0.325 e. The molecule has 0 spiro atoms. The molecule has 0 bridgehead atoms. The Hall–Kier alpha value is -0.220. The summed E-state index contributed by atoms with van der Waals surface area (Å²) in [6.07, 6.45) is 8.81. The molecule has 2 atom stereocenters. The fraction of sp³-hybridized carbons (Fsp3) is 0.923. The highest BCUT2D eigenvalue weighted by molar-refractivity contribution is 7.98. The Bertz CT molecular complexity index is 266. The van der Waals surface area contributed by atoms with Crippen molar-refractivity contribution in [3.05, 3.63) is 0 Å². The quantitative estimate of drug-likeness (QED) is 0.764. The van der Waals surface area contributed by atoms with Gasteiger partial charge in [0.15, 0.2) is 0 Å². The first-order chi connectivity index (χ1) is 8.24. The van der Waals surface area contributed by atoms with E-state index in [4.69, 9.17) is 0 Å². The van der Waals surface area contributed by atoms with E-state index in [2.05, 4.69) is 16.5 Å². The van der Waals surface area contributed by atoms with E-state index in [1.165, 1.54) is 25.7 Å². The molecule has 1 amide bonds. The molecule has 1 heterocycles. The van der Waals surface area contributed by atoms with Gasteiger partial charge in [-0.25, -0.2) is 0 Å². The van der Waals surface area contributed by atoms with Crippen LogP contribution in [0.1, 0.15) is 39.0 Å². The molecule has 0 aromatic carbocycles. The van der Waals surface area contributed by atoms with E-state index in [1.54, 1.807) is 0 Å². The fourth-order valence-corrected chi connectivity index (χ4v) is 3.51. The highest BCUT2D eigenvalue weighted by Gasteiger charge is 2.40. The zero-order valence-electron chi connectivity index (χ0n) is 10.9. The van der Waals surface area contributed by atoms with E-state index in [0.717, 1.165) is 18.7 Å². The van der Waals surface area contributed by atoms with Gasteiger partial charge >= 0.3 is 0 Å². The number of rotatable bonds is 5. The summed E-state index contributed by atoms with van der Waals surface area (Å²) in [7, 11) is 0. The lowest BCUT2D eigenvalue weighted by atomic mass is 10.0. The average molecular weight is 256 g/mol. The number of nitrogens with one attached hydrogen (secondary N) is 1. The van der Waals surface area contributed by atoms with Crippen molar-refractivity contribution in [1.82, 2.24) is 10.2 Å². The number of hydrogen-bond acceptors (Lipinski definition) is 3. The zero-order chi connectivity index (χ0) is 12.3. The summed E-state index contributed by atoms with van der Waals surface area (Å²) in [4.78, 5) is 14.2. The van der Waals surface area contributed by atoms with Gasteiger partial charge < -0.3 is 4.90 Å². The SMILES string of the molecule is CSCCCN1C(=O)C(C)NC1C1CCCC1. The van der Waals surface area contributed by atoms with Gasteiger partial charge in [0.05, 0.1) is 12.2 Å². The molecule has 17 heavy (non-hydrogen) atoms. The molecular weight excluding hydrogens is 232 g/mol. The molecule has 0 aromatic heterocycles. The van der Waals surface area contributed by atoms with Crippen molar-refractivity contribution >= 4 is 17.7 Å². The molecule has 2 fully saturated rings. The Balaban J connectivity index is 1.94. The second kappa shape index (κ2) is 6.10. The maximum atomic E-state index is 12.1. The monoisotopic (exact) mass is 256 g/mol. The van der Waals surface area contributed by atoms with Crippen molar-refractivity contribution < 1.29 is 4.79 Å². The summed E-state index contributed by atoms with van der Waals surface area (Å²) in [6.45, 7) is 2.93. The van der Waals surface area contributed by atoms with E-state index in [0.29, 0.717) is 18.0 Å². The molecule has 1 saturated carbocycles. The first kappa shape index (κ1) is 13.2. The van der Waals surface area contributed by atoms with Crippen LogP contribution >= 0.6 is 11.8 Å². The molecule has 2 aliphatic rings. The van der Waals surface area contributed by atoms with Crippen molar-refractivity contribution in [1.29, 1.82) is 0 Å². The van der Waals surface area contributed by atoms with E-state index < -0.39 is 0 Å². The molecule has 1 N–H and O–H groups in total. The minimum absolute atomic E-state index is 0.0230. The van der Waals surface area contributed by atoms with Crippen molar-refractivity contribution in [2.24, 2.45) is 5.92 Å². The smallest absolute Gasteiger partial charge is 0.240 e. The van der Waals surface area contributed by atoms with Gasteiger partial charge in [0.2, 0.25) is 5.91 Å². The Morgan fingerprint density at radius 3 is 2.76 bits per heavy atom. The number of hydrogen-bond donors (Lipinski definition) is 1. The lowest BCUT2D eigenvalue weighted by molar-refractivity contribution is -0.130. The molecule has 98 valence electrons. The Morgan fingerprint density at radius 1 is 1.41 bits per heavy atom. The predicted octanol–water partition coefficient (Wildman–Crippen LogP) is 2.08. The Kier molecular flexibility index (Phi) is 4.74. The van der Waals surface area contributed by atoms with Gasteiger partial charge in [-0.3, -0.25) is 10.1 Å². The minimum Gasteiger partial charge on any atom is -0.325 e. The summed E-state index contributed by atoms with van der Waals surface area (Å²) < 4.78 is 0. The van der Waals surface area contributed by atoms with Gasteiger partial charge in [0.25, 0.3) is 0 Å². The number of nitrogens with zero attached hydrogens (tertiary/aromatic N) is 1. The first-order valence-electron chi connectivity index (χ1n) is 6.79. The summed E-state index contributed by atoms with van der Waals surface area (Å²) in [5, 5.41) is 3.49. The highest BCUT2D eigenvalue weighted by Crippen LogP contribution is 2.32. The third-order valence-electron chi connectivity index (χ3n) is 4.00. The van der Waals surface area contributed by atoms with Crippen LogP contribution in [0.4, 0.5) is 0 Å². The Labute approximate surface area is 109 Å². The van der Waals surface area contributed by atoms with Crippen molar-refractivity contribution in [3.8, 4) is 0 Å². The van der Waals surface area contributed by atoms with Gasteiger partial charge in [-0.15, -0.1) is 0 Å². The summed E-state index contributed by atoms with van der Waals surface area (Å²) in [6, 6.07) is 0.0230. The molecular formula is C13H24N2OS. The molecule has 1 saturated heterocycles. The van der Waals surface area contributed by atoms with Gasteiger partial charge in [-0.05, 0) is 44.1 Å². The number of thioether (sulfide) groups is 1. The maximum Gasteiger partial charge on any atom is 0.240 e. The van der Waals surface area contributed by atoms with Crippen LogP contribution in [0, 0.1) is 5.92 Å². The maximum absolute atomic E-state index is 12.1. The molecule has 2 unspecified atom stereocenters. The van der Waals surface area contributed by atoms with E-state index in [9.17, 15) is 4.79 Å².